The molecule has 0 saturated carbocycles. The van der Waals surface area contributed by atoms with Gasteiger partial charge < -0.3 is 11.1 Å². The maximum atomic E-state index is 12.0. The molecule has 0 aliphatic heterocycles. The van der Waals surface area contributed by atoms with Crippen LogP contribution in [0, 0.1) is 6.92 Å². The summed E-state index contributed by atoms with van der Waals surface area (Å²) in [4.78, 5) is 16.1. The molecule has 0 aliphatic rings. The highest BCUT2D eigenvalue weighted by atomic mass is 16.1. The van der Waals surface area contributed by atoms with E-state index in [4.69, 9.17) is 5.73 Å². The van der Waals surface area contributed by atoms with Crippen LogP contribution in [0.5, 0.6) is 0 Å². The van der Waals surface area contributed by atoms with Crippen LogP contribution in [0.25, 0.3) is 0 Å². The van der Waals surface area contributed by atoms with E-state index < -0.39 is 0 Å². The molecule has 3 N–H and O–H groups in total. The summed E-state index contributed by atoms with van der Waals surface area (Å²) in [6, 6.07) is 13.5. The third-order valence-electron chi connectivity index (χ3n) is 3.19. The maximum absolute atomic E-state index is 12.0. The quantitative estimate of drug-likeness (QED) is 0.874. The van der Waals surface area contributed by atoms with Crippen molar-refractivity contribution in [1.29, 1.82) is 0 Å². The molecule has 0 saturated heterocycles. The first-order chi connectivity index (χ1) is 9.68. The third-order valence-corrected chi connectivity index (χ3v) is 3.19. The molecule has 1 amide bonds. The lowest BCUT2D eigenvalue weighted by Crippen LogP contribution is -2.28. The Morgan fingerprint density at radius 2 is 2.00 bits per heavy atom. The van der Waals surface area contributed by atoms with Gasteiger partial charge in [-0.2, -0.15) is 0 Å². The van der Waals surface area contributed by atoms with E-state index in [0.29, 0.717) is 18.7 Å². The van der Waals surface area contributed by atoms with Crippen LogP contribution in [0.4, 0.5) is 0 Å². The molecule has 0 aliphatic carbocycles. The number of rotatable bonds is 5. The van der Waals surface area contributed by atoms with Gasteiger partial charge in [-0.05, 0) is 30.5 Å². The maximum Gasteiger partial charge on any atom is 0.270 e. The number of carbonyl (C=O) groups is 1. The molecule has 2 rings (SSSR count). The highest BCUT2D eigenvalue weighted by Gasteiger charge is 2.10. The number of nitrogens with two attached hydrogens (primary N) is 1. The second-order valence-electron chi connectivity index (χ2n) is 4.73. The fraction of sp³-hybridized carbons (Fsp3) is 0.250. The van der Waals surface area contributed by atoms with Crippen molar-refractivity contribution in [3.8, 4) is 0 Å². The number of pyridine rings is 1. The summed E-state index contributed by atoms with van der Waals surface area (Å²) in [5.74, 6) is -0.150. The molecule has 4 nitrogen and oxygen atoms in total. The lowest BCUT2D eigenvalue weighted by molar-refractivity contribution is 0.0947. The van der Waals surface area contributed by atoms with Crippen molar-refractivity contribution in [3.05, 3.63) is 65.5 Å². The monoisotopic (exact) mass is 269 g/mol. The van der Waals surface area contributed by atoms with E-state index in [1.807, 2.05) is 49.4 Å². The molecule has 0 spiro atoms. The summed E-state index contributed by atoms with van der Waals surface area (Å²) in [5.41, 5.74) is 8.51. The van der Waals surface area contributed by atoms with Crippen molar-refractivity contribution >= 4 is 5.91 Å². The van der Waals surface area contributed by atoms with Crippen LogP contribution in [0.2, 0.25) is 0 Å². The molecule has 104 valence electrons. The first-order valence-electron chi connectivity index (χ1n) is 6.69. The molecule has 1 heterocycles. The Bertz CT molecular complexity index is 569. The van der Waals surface area contributed by atoms with Gasteiger partial charge in [-0.25, -0.2) is 0 Å². The fourth-order valence-corrected chi connectivity index (χ4v) is 2.02. The van der Waals surface area contributed by atoms with Gasteiger partial charge in [0.1, 0.15) is 5.69 Å². The lowest BCUT2D eigenvalue weighted by Gasteiger charge is -2.12. The summed E-state index contributed by atoms with van der Waals surface area (Å²) < 4.78 is 0. The number of aryl methyl sites for hydroxylation is 1. The SMILES string of the molecule is Cc1cccnc1C(=O)NCCC(N)c1ccccc1. The van der Waals surface area contributed by atoms with Crippen LogP contribution < -0.4 is 11.1 Å². The zero-order valence-electron chi connectivity index (χ0n) is 11.5. The molecule has 0 radical (unpaired) electrons. The normalized spacial score (nSPS) is 11.9. The van der Waals surface area contributed by atoms with Gasteiger partial charge in [0.15, 0.2) is 0 Å². The van der Waals surface area contributed by atoms with Crippen molar-refractivity contribution in [1.82, 2.24) is 10.3 Å². The third kappa shape index (κ3) is 3.65. The molecule has 4 heteroatoms. The van der Waals surface area contributed by atoms with E-state index in [9.17, 15) is 4.79 Å². The van der Waals surface area contributed by atoms with Gasteiger partial charge in [0.25, 0.3) is 5.91 Å². The van der Waals surface area contributed by atoms with E-state index in [1.165, 1.54) is 0 Å². The average molecular weight is 269 g/mol. The minimum absolute atomic E-state index is 0.0682. The Kier molecular flexibility index (Phi) is 4.85. The number of hydrogen-bond donors (Lipinski definition) is 2. The van der Waals surface area contributed by atoms with Crippen molar-refractivity contribution < 1.29 is 4.79 Å². The van der Waals surface area contributed by atoms with Crippen LogP contribution in [-0.4, -0.2) is 17.4 Å². The number of amides is 1. The first-order valence-corrected chi connectivity index (χ1v) is 6.69. The molecular weight excluding hydrogens is 250 g/mol. The van der Waals surface area contributed by atoms with Crippen molar-refractivity contribution in [2.75, 3.05) is 6.54 Å². The van der Waals surface area contributed by atoms with Gasteiger partial charge >= 0.3 is 0 Å². The second-order valence-corrected chi connectivity index (χ2v) is 4.73. The summed E-state index contributed by atoms with van der Waals surface area (Å²) in [6.07, 6.45) is 2.32. The van der Waals surface area contributed by atoms with Gasteiger partial charge in [0.2, 0.25) is 0 Å². The second kappa shape index (κ2) is 6.82. The number of hydrogen-bond acceptors (Lipinski definition) is 3. The highest BCUT2D eigenvalue weighted by Crippen LogP contribution is 2.12. The van der Waals surface area contributed by atoms with E-state index in [-0.39, 0.29) is 11.9 Å². The summed E-state index contributed by atoms with van der Waals surface area (Å²) >= 11 is 0. The summed E-state index contributed by atoms with van der Waals surface area (Å²) in [7, 11) is 0. The number of nitrogens with one attached hydrogen (secondary N) is 1. The zero-order chi connectivity index (χ0) is 14.4. The Hall–Kier alpha value is -2.20. The van der Waals surface area contributed by atoms with Crippen LogP contribution in [0.15, 0.2) is 48.7 Å². The van der Waals surface area contributed by atoms with E-state index in [2.05, 4.69) is 10.3 Å². The first kappa shape index (κ1) is 14.2. The van der Waals surface area contributed by atoms with Crippen LogP contribution in [-0.2, 0) is 0 Å². The standard InChI is InChI=1S/C16H19N3O/c1-12-6-5-10-18-15(12)16(20)19-11-9-14(17)13-7-3-2-4-8-13/h2-8,10,14H,9,11,17H2,1H3,(H,19,20). The Labute approximate surface area is 119 Å². The fourth-order valence-electron chi connectivity index (χ4n) is 2.02. The van der Waals surface area contributed by atoms with Crippen LogP contribution in [0.3, 0.4) is 0 Å². The van der Waals surface area contributed by atoms with E-state index >= 15 is 0 Å². The van der Waals surface area contributed by atoms with Crippen molar-refractivity contribution in [2.45, 2.75) is 19.4 Å². The predicted octanol–water partition coefficient (Wildman–Crippen LogP) is 2.21. The van der Waals surface area contributed by atoms with Crippen LogP contribution in [0.1, 0.15) is 34.1 Å². The molecule has 1 aromatic carbocycles. The van der Waals surface area contributed by atoms with Crippen molar-refractivity contribution in [3.63, 3.8) is 0 Å². The van der Waals surface area contributed by atoms with Gasteiger partial charge in [-0.15, -0.1) is 0 Å². The molecule has 1 aromatic heterocycles. The predicted molar refractivity (Wildman–Crippen MR) is 79.3 cm³/mol. The molecule has 20 heavy (non-hydrogen) atoms. The number of benzene rings is 1. The van der Waals surface area contributed by atoms with Crippen molar-refractivity contribution in [2.24, 2.45) is 5.73 Å². The number of carbonyl (C=O) groups excluding carboxylic acids is 1. The van der Waals surface area contributed by atoms with Crippen LogP contribution >= 0.6 is 0 Å². The number of aromatic nitrogens is 1. The minimum Gasteiger partial charge on any atom is -0.351 e. The molecule has 0 fully saturated rings. The molecule has 1 atom stereocenters. The lowest BCUT2D eigenvalue weighted by atomic mass is 10.1. The molecule has 0 bridgehead atoms. The average Bonchev–Trinajstić information content (AvgIpc) is 2.48. The minimum atomic E-state index is -0.150. The molecular formula is C16H19N3O. The Morgan fingerprint density at radius 1 is 1.25 bits per heavy atom. The number of nitrogens with zero attached hydrogens (tertiary/aromatic N) is 1. The smallest absolute Gasteiger partial charge is 0.270 e. The Balaban J connectivity index is 1.84. The van der Waals surface area contributed by atoms with Gasteiger partial charge in [-0.1, -0.05) is 36.4 Å². The van der Waals surface area contributed by atoms with Gasteiger partial charge in [0, 0.05) is 18.8 Å². The largest absolute Gasteiger partial charge is 0.351 e. The van der Waals surface area contributed by atoms with E-state index in [0.717, 1.165) is 11.1 Å². The molecule has 2 aromatic rings. The van der Waals surface area contributed by atoms with Gasteiger partial charge in [-0.3, -0.25) is 9.78 Å². The molecule has 1 unspecified atom stereocenters. The highest BCUT2D eigenvalue weighted by molar-refractivity contribution is 5.93. The zero-order valence-corrected chi connectivity index (χ0v) is 11.5. The topological polar surface area (TPSA) is 68.0 Å². The summed E-state index contributed by atoms with van der Waals surface area (Å²) in [5, 5.41) is 2.86. The Morgan fingerprint density at radius 3 is 2.70 bits per heavy atom. The van der Waals surface area contributed by atoms with E-state index in [1.54, 1.807) is 6.20 Å². The summed E-state index contributed by atoms with van der Waals surface area (Å²) in [6.45, 7) is 2.41. The van der Waals surface area contributed by atoms with Gasteiger partial charge in [0.05, 0.1) is 0 Å².